The number of nitrogens with one attached hydrogen (secondary N) is 1. The van der Waals surface area contributed by atoms with Crippen molar-refractivity contribution in [3.05, 3.63) is 34.9 Å². The van der Waals surface area contributed by atoms with Gasteiger partial charge in [-0.05, 0) is 56.2 Å². The van der Waals surface area contributed by atoms with E-state index in [2.05, 4.69) is 25.1 Å². The van der Waals surface area contributed by atoms with Crippen LogP contribution in [0, 0.1) is 17.7 Å². The van der Waals surface area contributed by atoms with E-state index in [4.69, 9.17) is 30.8 Å². The SMILES string of the molecule is O=C1OCCCc2c(Cl)cc3[nH]ncc3c2-c2ncc3c(nc(OC[C@@]45CCCN4C[C@H](F)C5)nc3c2F)N2C[C@H]3C[C@H]3[C@H](C2)O1. The van der Waals surface area contributed by atoms with Crippen LogP contribution in [0.2, 0.25) is 5.02 Å². The first-order chi connectivity index (χ1) is 22.4. The van der Waals surface area contributed by atoms with E-state index in [0.29, 0.717) is 83.1 Å². The van der Waals surface area contributed by atoms with E-state index < -0.39 is 29.8 Å². The van der Waals surface area contributed by atoms with Crippen molar-refractivity contribution in [2.45, 2.75) is 56.3 Å². The summed E-state index contributed by atoms with van der Waals surface area (Å²) in [6.07, 6.45) is 5.10. The predicted molar refractivity (Wildman–Crippen MR) is 164 cm³/mol. The number of H-pyrrole nitrogens is 1. The van der Waals surface area contributed by atoms with Gasteiger partial charge in [0.15, 0.2) is 5.82 Å². The number of piperidine rings is 1. The first-order valence-corrected chi connectivity index (χ1v) is 16.4. The van der Waals surface area contributed by atoms with Crippen LogP contribution in [0.1, 0.15) is 37.7 Å². The molecular weight excluding hydrogens is 620 g/mol. The Labute approximate surface area is 267 Å². The summed E-state index contributed by atoms with van der Waals surface area (Å²) in [4.78, 5) is 31.0. The Kier molecular flexibility index (Phi) is 6.54. The van der Waals surface area contributed by atoms with Crippen molar-refractivity contribution in [3.63, 3.8) is 0 Å². The fourth-order valence-electron chi connectivity index (χ4n) is 8.27. The number of fused-ring (bicyclic) bond motifs is 9. The number of halogens is 3. The van der Waals surface area contributed by atoms with Crippen molar-refractivity contribution in [1.29, 1.82) is 0 Å². The zero-order chi connectivity index (χ0) is 31.2. The maximum atomic E-state index is 17.0. The molecule has 11 nitrogen and oxygen atoms in total. The molecule has 14 heteroatoms. The normalized spacial score (nSPS) is 29.1. The van der Waals surface area contributed by atoms with E-state index in [1.807, 2.05) is 4.90 Å². The number of ether oxygens (including phenoxy) is 3. The monoisotopic (exact) mass is 651 g/mol. The number of rotatable bonds is 3. The van der Waals surface area contributed by atoms with Crippen LogP contribution >= 0.6 is 11.6 Å². The lowest BCUT2D eigenvalue weighted by Gasteiger charge is -2.33. The second kappa shape index (κ2) is 10.6. The van der Waals surface area contributed by atoms with Crippen LogP contribution in [0.15, 0.2) is 18.5 Å². The second-order valence-corrected chi connectivity index (χ2v) is 13.8. The first kappa shape index (κ1) is 28.4. The van der Waals surface area contributed by atoms with Gasteiger partial charge in [0, 0.05) is 47.6 Å². The summed E-state index contributed by atoms with van der Waals surface area (Å²) >= 11 is 6.77. The third-order valence-corrected chi connectivity index (χ3v) is 10.9. The van der Waals surface area contributed by atoms with Crippen LogP contribution < -0.4 is 9.64 Å². The van der Waals surface area contributed by atoms with E-state index in [1.165, 1.54) is 0 Å². The smallest absolute Gasteiger partial charge is 0.461 e. The minimum Gasteiger partial charge on any atom is -0.461 e. The number of alkyl halides is 1. The highest BCUT2D eigenvalue weighted by Gasteiger charge is 2.51. The average molecular weight is 652 g/mol. The zero-order valence-corrected chi connectivity index (χ0v) is 25.7. The fraction of sp³-hybridized carbons (Fsp3) is 0.531. The number of aromatic amines is 1. The molecule has 8 heterocycles. The molecule has 6 bridgehead atoms. The molecule has 1 saturated carbocycles. The molecule has 4 fully saturated rings. The van der Waals surface area contributed by atoms with Gasteiger partial charge in [0.1, 0.15) is 35.9 Å². The van der Waals surface area contributed by atoms with Gasteiger partial charge in [-0.3, -0.25) is 15.0 Å². The van der Waals surface area contributed by atoms with Gasteiger partial charge in [-0.2, -0.15) is 15.1 Å². The minimum atomic E-state index is -0.912. The fourth-order valence-corrected chi connectivity index (χ4v) is 8.57. The third-order valence-electron chi connectivity index (χ3n) is 10.6. The number of aromatic nitrogens is 5. The molecule has 6 aliphatic rings. The van der Waals surface area contributed by atoms with Crippen LogP contribution in [0.3, 0.4) is 0 Å². The number of benzene rings is 1. The van der Waals surface area contributed by atoms with E-state index >= 15 is 4.39 Å². The van der Waals surface area contributed by atoms with Crippen molar-refractivity contribution < 1.29 is 27.8 Å². The highest BCUT2D eigenvalue weighted by molar-refractivity contribution is 6.33. The minimum absolute atomic E-state index is 0.0118. The lowest BCUT2D eigenvalue weighted by molar-refractivity contribution is 0.0131. The average Bonchev–Trinajstić information content (AvgIpc) is 3.33. The lowest BCUT2D eigenvalue weighted by Crippen LogP contribution is -2.44. The molecule has 0 radical (unpaired) electrons. The molecule has 0 unspecified atom stereocenters. The summed E-state index contributed by atoms with van der Waals surface area (Å²) < 4.78 is 49.1. The molecule has 1 N–H and O–H groups in total. The summed E-state index contributed by atoms with van der Waals surface area (Å²) in [7, 11) is 0. The maximum Gasteiger partial charge on any atom is 0.508 e. The quantitative estimate of drug-likeness (QED) is 0.295. The number of nitrogens with zero attached hydrogens (tertiary/aromatic N) is 6. The van der Waals surface area contributed by atoms with Crippen LogP contribution in [-0.4, -0.2) is 93.4 Å². The summed E-state index contributed by atoms with van der Waals surface area (Å²) in [5.74, 6) is 0.355. The standard InChI is InChI=1S/C32H32ClF2N7O4/c33-22-8-23-20(11-37-40-23)25-18(22)3-1-6-44-31(43)46-24-14-41(12-16-7-19(16)24)29-21-10-36-28(25)26(35)27(21)38-30(39-29)45-15-32-4-2-5-42(32)13-17(34)9-32/h8,10-11,16-17,19,24H,1-7,9,12-15H2,(H,37,40)/t16-,17-,19-,24+,32+/m1/s1. The van der Waals surface area contributed by atoms with Crippen molar-refractivity contribution in [1.82, 2.24) is 30.0 Å². The predicted octanol–water partition coefficient (Wildman–Crippen LogP) is 5.24. The molecular formula is C32H32ClF2N7O4. The summed E-state index contributed by atoms with van der Waals surface area (Å²) in [6, 6.07) is 1.76. The highest BCUT2D eigenvalue weighted by Crippen LogP contribution is 2.48. The molecule has 240 valence electrons. The van der Waals surface area contributed by atoms with Gasteiger partial charge in [0.2, 0.25) is 0 Å². The Bertz CT molecular complexity index is 1890. The molecule has 1 aliphatic carbocycles. The van der Waals surface area contributed by atoms with Gasteiger partial charge in [-0.1, -0.05) is 11.6 Å². The van der Waals surface area contributed by atoms with E-state index in [-0.39, 0.29) is 36.4 Å². The van der Waals surface area contributed by atoms with Crippen LogP contribution in [0.5, 0.6) is 6.01 Å². The van der Waals surface area contributed by atoms with Gasteiger partial charge in [-0.15, -0.1) is 0 Å². The van der Waals surface area contributed by atoms with Gasteiger partial charge >= 0.3 is 12.2 Å². The molecule has 0 spiro atoms. The van der Waals surface area contributed by atoms with E-state index in [1.54, 1.807) is 18.5 Å². The van der Waals surface area contributed by atoms with Gasteiger partial charge in [-0.25, -0.2) is 13.6 Å². The molecule has 1 aromatic carbocycles. The van der Waals surface area contributed by atoms with Crippen molar-refractivity contribution in [2.24, 2.45) is 11.8 Å². The Balaban J connectivity index is 1.21. The zero-order valence-electron chi connectivity index (χ0n) is 25.0. The van der Waals surface area contributed by atoms with Crippen LogP contribution in [-0.2, 0) is 15.9 Å². The number of carbonyl (C=O) groups is 1. The van der Waals surface area contributed by atoms with Crippen molar-refractivity contribution in [3.8, 4) is 17.3 Å². The summed E-state index contributed by atoms with van der Waals surface area (Å²) in [5, 5.41) is 8.58. The highest BCUT2D eigenvalue weighted by atomic mass is 35.5. The van der Waals surface area contributed by atoms with E-state index in [0.717, 1.165) is 25.8 Å². The lowest BCUT2D eigenvalue weighted by atomic mass is 9.95. The number of pyridine rings is 1. The number of carbonyl (C=O) groups excluding carboxylic acids is 1. The molecule has 5 atom stereocenters. The topological polar surface area (TPSA) is 119 Å². The number of hydrogen-bond donors (Lipinski definition) is 1. The Morgan fingerprint density at radius 1 is 1.17 bits per heavy atom. The van der Waals surface area contributed by atoms with Crippen LogP contribution in [0.4, 0.5) is 19.4 Å². The number of hydrogen-bond acceptors (Lipinski definition) is 10. The van der Waals surface area contributed by atoms with Crippen molar-refractivity contribution >= 4 is 45.4 Å². The molecule has 10 rings (SSSR count). The second-order valence-electron chi connectivity index (χ2n) is 13.3. The summed E-state index contributed by atoms with van der Waals surface area (Å²) in [6.45, 7) is 2.55. The largest absolute Gasteiger partial charge is 0.508 e. The third kappa shape index (κ3) is 4.56. The molecule has 3 saturated heterocycles. The molecule has 0 amide bonds. The molecule has 5 aliphatic heterocycles. The Morgan fingerprint density at radius 3 is 3.00 bits per heavy atom. The van der Waals surface area contributed by atoms with Gasteiger partial charge in [0.05, 0.1) is 35.8 Å². The first-order valence-electron chi connectivity index (χ1n) is 16.0. The molecule has 3 aromatic heterocycles. The van der Waals surface area contributed by atoms with Crippen molar-refractivity contribution in [2.75, 3.05) is 44.3 Å². The Hall–Kier alpha value is -3.84. The summed E-state index contributed by atoms with van der Waals surface area (Å²) in [5.41, 5.74) is 1.49. The molecule has 46 heavy (non-hydrogen) atoms. The number of anilines is 1. The van der Waals surface area contributed by atoms with E-state index in [9.17, 15) is 9.18 Å². The maximum absolute atomic E-state index is 17.0. The Morgan fingerprint density at radius 2 is 2.09 bits per heavy atom. The van der Waals surface area contributed by atoms with Gasteiger partial charge < -0.3 is 19.1 Å². The van der Waals surface area contributed by atoms with Crippen LogP contribution in [0.25, 0.3) is 33.1 Å². The van der Waals surface area contributed by atoms with Gasteiger partial charge in [0.25, 0.3) is 0 Å². The molecule has 4 aromatic rings.